The summed E-state index contributed by atoms with van der Waals surface area (Å²) in [5.74, 6) is -0.764. The van der Waals surface area contributed by atoms with Crippen LogP contribution in [0.2, 0.25) is 0 Å². The number of thiazole rings is 1. The molecule has 3 heterocycles. The molecule has 1 fully saturated rings. The van der Waals surface area contributed by atoms with Gasteiger partial charge in [-0.05, 0) is 63.5 Å². The second-order valence-electron chi connectivity index (χ2n) is 8.34. The lowest BCUT2D eigenvalue weighted by molar-refractivity contribution is -0.123. The van der Waals surface area contributed by atoms with Crippen molar-refractivity contribution >= 4 is 54.0 Å². The average Bonchev–Trinajstić information content (AvgIpc) is 3.47. The lowest BCUT2D eigenvalue weighted by Gasteiger charge is -2.32. The Morgan fingerprint density at radius 2 is 1.94 bits per heavy atom. The van der Waals surface area contributed by atoms with Crippen LogP contribution in [-0.4, -0.2) is 68.8 Å². The molecule has 1 aromatic carbocycles. The molecule has 0 saturated carbocycles. The van der Waals surface area contributed by atoms with Gasteiger partial charge < -0.3 is 4.90 Å². The quantitative estimate of drug-likeness (QED) is 0.460. The summed E-state index contributed by atoms with van der Waals surface area (Å²) >= 11 is 2.51. The number of nitrogens with zero attached hydrogens (tertiary/aromatic N) is 4. The maximum absolute atomic E-state index is 14.2. The highest BCUT2D eigenvalue weighted by molar-refractivity contribution is 7.91. The monoisotopic (exact) mass is 510 g/mol. The van der Waals surface area contributed by atoms with Crippen molar-refractivity contribution in [3.8, 4) is 0 Å². The molecule has 0 bridgehead atoms. The molecule has 4 rings (SSSR count). The molecule has 1 amide bonds. The topological polar surface area (TPSA) is 73.8 Å². The van der Waals surface area contributed by atoms with Crippen molar-refractivity contribution in [2.24, 2.45) is 5.92 Å². The van der Waals surface area contributed by atoms with Crippen LogP contribution in [0.25, 0.3) is 10.2 Å². The molecular formula is C22H27FN4O3S3. The van der Waals surface area contributed by atoms with E-state index in [2.05, 4.69) is 9.88 Å². The van der Waals surface area contributed by atoms with E-state index >= 15 is 0 Å². The van der Waals surface area contributed by atoms with E-state index < -0.39 is 15.8 Å². The van der Waals surface area contributed by atoms with Crippen molar-refractivity contribution in [2.75, 3.05) is 45.2 Å². The number of aromatic nitrogens is 1. The summed E-state index contributed by atoms with van der Waals surface area (Å²) < 4.78 is 42.3. The van der Waals surface area contributed by atoms with Crippen LogP contribution in [0.15, 0.2) is 39.9 Å². The molecule has 0 unspecified atom stereocenters. The maximum Gasteiger partial charge on any atom is 0.252 e. The van der Waals surface area contributed by atoms with E-state index in [9.17, 15) is 17.6 Å². The molecule has 0 atom stereocenters. The Balaban J connectivity index is 1.51. The average molecular weight is 511 g/mol. The first kappa shape index (κ1) is 24.2. The molecule has 178 valence electrons. The minimum atomic E-state index is -3.52. The number of sulfonamides is 1. The molecule has 0 N–H and O–H groups in total. The summed E-state index contributed by atoms with van der Waals surface area (Å²) in [4.78, 5) is 21.7. The minimum absolute atomic E-state index is 0.0682. The second-order valence-corrected chi connectivity index (χ2v) is 12.5. The van der Waals surface area contributed by atoms with E-state index in [1.165, 1.54) is 33.0 Å². The number of para-hydroxylation sites is 1. The fourth-order valence-corrected chi connectivity index (χ4v) is 7.59. The zero-order valence-corrected chi connectivity index (χ0v) is 21.1. The number of anilines is 1. The minimum Gasteiger partial charge on any atom is -0.309 e. The number of hydrogen-bond acceptors (Lipinski definition) is 7. The lowest BCUT2D eigenvalue weighted by Crippen LogP contribution is -2.45. The van der Waals surface area contributed by atoms with Gasteiger partial charge in [-0.15, -0.1) is 11.3 Å². The predicted octanol–water partition coefficient (Wildman–Crippen LogP) is 3.88. The number of fused-ring (bicyclic) bond motifs is 1. The van der Waals surface area contributed by atoms with Crippen molar-refractivity contribution < 1.29 is 17.6 Å². The molecule has 0 radical (unpaired) electrons. The first-order chi connectivity index (χ1) is 15.8. The molecule has 0 spiro atoms. The van der Waals surface area contributed by atoms with Crippen molar-refractivity contribution in [1.82, 2.24) is 14.2 Å². The third-order valence-corrected chi connectivity index (χ3v) is 10.1. The summed E-state index contributed by atoms with van der Waals surface area (Å²) in [6, 6.07) is 8.14. The van der Waals surface area contributed by atoms with E-state index in [0.29, 0.717) is 46.5 Å². The Kier molecular flexibility index (Phi) is 7.44. The molecule has 2 aromatic heterocycles. The fourth-order valence-electron chi connectivity index (χ4n) is 3.96. The Labute approximate surface area is 201 Å². The van der Waals surface area contributed by atoms with E-state index in [4.69, 9.17) is 0 Å². The molecule has 1 saturated heterocycles. The number of hydrogen-bond donors (Lipinski definition) is 0. The Hall–Kier alpha value is -1.92. The summed E-state index contributed by atoms with van der Waals surface area (Å²) in [6.45, 7) is 1.89. The van der Waals surface area contributed by atoms with Crippen LogP contribution >= 0.6 is 22.7 Å². The number of amides is 1. The Morgan fingerprint density at radius 1 is 1.18 bits per heavy atom. The van der Waals surface area contributed by atoms with Gasteiger partial charge in [0.2, 0.25) is 5.91 Å². The normalized spacial score (nSPS) is 16.0. The highest BCUT2D eigenvalue weighted by atomic mass is 32.2. The second kappa shape index (κ2) is 10.1. The number of halogens is 1. The number of piperidine rings is 1. The molecule has 7 nitrogen and oxygen atoms in total. The van der Waals surface area contributed by atoms with Crippen molar-refractivity contribution in [2.45, 2.75) is 23.5 Å². The van der Waals surface area contributed by atoms with Crippen molar-refractivity contribution in [1.29, 1.82) is 0 Å². The Bertz CT molecular complexity index is 1200. The fraction of sp³-hybridized carbons (Fsp3) is 0.455. The molecule has 11 heteroatoms. The smallest absolute Gasteiger partial charge is 0.252 e. The van der Waals surface area contributed by atoms with Gasteiger partial charge in [0.1, 0.15) is 15.5 Å². The maximum atomic E-state index is 14.2. The summed E-state index contributed by atoms with van der Waals surface area (Å²) in [5.41, 5.74) is 0.278. The SMILES string of the molecule is CN(C)CCCN(C(=O)C1CCN(S(=O)(=O)c2cccs2)CC1)c1nc2c(F)cccc2s1. The van der Waals surface area contributed by atoms with E-state index in [0.717, 1.165) is 13.0 Å². The van der Waals surface area contributed by atoms with Gasteiger partial charge in [-0.1, -0.05) is 23.5 Å². The molecule has 3 aromatic rings. The van der Waals surface area contributed by atoms with Crippen LogP contribution in [0, 0.1) is 11.7 Å². The van der Waals surface area contributed by atoms with Crippen LogP contribution in [0.4, 0.5) is 9.52 Å². The van der Waals surface area contributed by atoms with Gasteiger partial charge in [0.05, 0.1) is 4.70 Å². The predicted molar refractivity (Wildman–Crippen MR) is 131 cm³/mol. The highest BCUT2D eigenvalue weighted by Crippen LogP contribution is 2.33. The number of benzene rings is 1. The lowest BCUT2D eigenvalue weighted by atomic mass is 9.96. The largest absolute Gasteiger partial charge is 0.309 e. The van der Waals surface area contributed by atoms with Crippen molar-refractivity contribution in [3.05, 3.63) is 41.5 Å². The van der Waals surface area contributed by atoms with E-state index in [1.54, 1.807) is 34.5 Å². The number of carbonyl (C=O) groups excluding carboxylic acids is 1. The summed E-state index contributed by atoms with van der Waals surface area (Å²) in [7, 11) is 0.434. The third-order valence-electron chi connectivity index (χ3n) is 5.73. The van der Waals surface area contributed by atoms with Gasteiger partial charge >= 0.3 is 0 Å². The van der Waals surface area contributed by atoms with E-state index in [-0.39, 0.29) is 17.3 Å². The van der Waals surface area contributed by atoms with Crippen LogP contribution in [0.3, 0.4) is 0 Å². The van der Waals surface area contributed by atoms with Gasteiger partial charge in [0, 0.05) is 25.6 Å². The first-order valence-electron chi connectivity index (χ1n) is 10.8. The number of rotatable bonds is 8. The van der Waals surface area contributed by atoms with Gasteiger partial charge in [0.25, 0.3) is 10.0 Å². The highest BCUT2D eigenvalue weighted by Gasteiger charge is 2.35. The third kappa shape index (κ3) is 5.27. The van der Waals surface area contributed by atoms with Gasteiger partial charge in [-0.2, -0.15) is 4.31 Å². The zero-order valence-electron chi connectivity index (χ0n) is 18.6. The summed E-state index contributed by atoms with van der Waals surface area (Å²) in [5, 5.41) is 2.24. The first-order valence-corrected chi connectivity index (χ1v) is 14.0. The van der Waals surface area contributed by atoms with Crippen molar-refractivity contribution in [3.63, 3.8) is 0 Å². The molecule has 33 heavy (non-hydrogen) atoms. The van der Waals surface area contributed by atoms with Crippen LogP contribution in [0.1, 0.15) is 19.3 Å². The van der Waals surface area contributed by atoms with Gasteiger partial charge in [0.15, 0.2) is 5.13 Å². The number of carbonyl (C=O) groups is 1. The van der Waals surface area contributed by atoms with Crippen LogP contribution < -0.4 is 4.90 Å². The standard InChI is InChI=1S/C22H27FN4O3S3/c1-25(2)11-5-12-27(22-24-20-17(23)6-3-7-18(20)32-22)21(28)16-9-13-26(14-10-16)33(29,30)19-8-4-15-31-19/h3-4,6-8,15-16H,5,9-14H2,1-2H3. The Morgan fingerprint density at radius 3 is 2.58 bits per heavy atom. The zero-order chi connectivity index (χ0) is 23.6. The molecular weight excluding hydrogens is 483 g/mol. The molecule has 1 aliphatic heterocycles. The molecule has 0 aliphatic carbocycles. The summed E-state index contributed by atoms with van der Waals surface area (Å²) in [6.07, 6.45) is 1.66. The van der Waals surface area contributed by atoms with Gasteiger partial charge in [-0.3, -0.25) is 9.69 Å². The number of thiophene rings is 1. The van der Waals surface area contributed by atoms with E-state index in [1.807, 2.05) is 14.1 Å². The van der Waals surface area contributed by atoms with Gasteiger partial charge in [-0.25, -0.2) is 17.8 Å². The van der Waals surface area contributed by atoms with Crippen LogP contribution in [0.5, 0.6) is 0 Å². The molecule has 1 aliphatic rings. The van der Waals surface area contributed by atoms with Crippen LogP contribution in [-0.2, 0) is 14.8 Å².